The number of carbonyl (C=O) groups excluding carboxylic acids is 2. The first-order valence-electron chi connectivity index (χ1n) is 5.66. The second-order valence-corrected chi connectivity index (χ2v) is 4.98. The molecule has 0 aromatic carbocycles. The van der Waals surface area contributed by atoms with Crippen LogP contribution < -0.4 is 0 Å². The van der Waals surface area contributed by atoms with Gasteiger partial charge in [-0.25, -0.2) is 0 Å². The highest BCUT2D eigenvalue weighted by atomic mass is 16.7. The molecule has 0 atom stereocenters. The summed E-state index contributed by atoms with van der Waals surface area (Å²) in [6.45, 7) is 6.59. The molecule has 0 saturated carbocycles. The van der Waals surface area contributed by atoms with Crippen molar-refractivity contribution in [3.05, 3.63) is 0 Å². The second-order valence-electron chi connectivity index (χ2n) is 4.98. The number of Topliss-reactive ketones (excluding diaryl/α,β-unsaturated/α-hetero) is 2. The standard InChI is InChI=1S/C12H20O4/c1-9(13)4-5-10(14)8-12(2,3)11-15-6-7-16-11/h11H,4-8H2,1-3H3. The summed E-state index contributed by atoms with van der Waals surface area (Å²) >= 11 is 0. The molecular weight excluding hydrogens is 208 g/mol. The molecule has 0 aromatic heterocycles. The smallest absolute Gasteiger partial charge is 0.163 e. The summed E-state index contributed by atoms with van der Waals surface area (Å²) in [5.41, 5.74) is -0.315. The Morgan fingerprint density at radius 2 is 1.75 bits per heavy atom. The molecule has 0 aromatic rings. The van der Waals surface area contributed by atoms with E-state index in [4.69, 9.17) is 9.47 Å². The van der Waals surface area contributed by atoms with E-state index < -0.39 is 0 Å². The normalized spacial score (nSPS) is 17.7. The van der Waals surface area contributed by atoms with Crippen LogP contribution in [-0.2, 0) is 19.1 Å². The molecule has 1 fully saturated rings. The molecule has 0 amide bonds. The highest BCUT2D eigenvalue weighted by Crippen LogP contribution is 2.31. The van der Waals surface area contributed by atoms with Crippen molar-refractivity contribution >= 4 is 11.6 Å². The molecule has 0 unspecified atom stereocenters. The van der Waals surface area contributed by atoms with E-state index in [-0.39, 0.29) is 23.3 Å². The van der Waals surface area contributed by atoms with E-state index >= 15 is 0 Å². The maximum Gasteiger partial charge on any atom is 0.163 e. The van der Waals surface area contributed by atoms with E-state index in [2.05, 4.69) is 0 Å². The van der Waals surface area contributed by atoms with Gasteiger partial charge in [0.2, 0.25) is 0 Å². The molecule has 1 aliphatic rings. The summed E-state index contributed by atoms with van der Waals surface area (Å²) in [4.78, 5) is 22.4. The molecule has 16 heavy (non-hydrogen) atoms. The Balaban J connectivity index is 2.38. The lowest BCUT2D eigenvalue weighted by molar-refractivity contribution is -0.140. The predicted octanol–water partition coefficient (Wildman–Crippen LogP) is 1.71. The van der Waals surface area contributed by atoms with Gasteiger partial charge in [0.25, 0.3) is 0 Å². The number of carbonyl (C=O) groups is 2. The van der Waals surface area contributed by atoms with Crippen molar-refractivity contribution in [3.63, 3.8) is 0 Å². The number of ether oxygens (including phenoxy) is 2. The number of hydrogen-bond acceptors (Lipinski definition) is 4. The average molecular weight is 228 g/mol. The molecule has 1 saturated heterocycles. The fraction of sp³-hybridized carbons (Fsp3) is 0.833. The monoisotopic (exact) mass is 228 g/mol. The summed E-state index contributed by atoms with van der Waals surface area (Å²) in [5, 5.41) is 0. The third-order valence-corrected chi connectivity index (χ3v) is 2.67. The van der Waals surface area contributed by atoms with Gasteiger partial charge in [-0.3, -0.25) is 4.79 Å². The molecule has 4 heteroatoms. The van der Waals surface area contributed by atoms with E-state index in [0.29, 0.717) is 32.5 Å². The minimum atomic E-state index is -0.315. The van der Waals surface area contributed by atoms with Crippen molar-refractivity contribution in [3.8, 4) is 0 Å². The van der Waals surface area contributed by atoms with E-state index in [0.717, 1.165) is 0 Å². The van der Waals surface area contributed by atoms with E-state index in [9.17, 15) is 9.59 Å². The van der Waals surface area contributed by atoms with Crippen LogP contribution in [0, 0.1) is 5.41 Å². The number of rotatable bonds is 6. The zero-order valence-corrected chi connectivity index (χ0v) is 10.2. The van der Waals surface area contributed by atoms with Crippen LogP contribution in [0.15, 0.2) is 0 Å². The van der Waals surface area contributed by atoms with Crippen LogP contribution in [0.1, 0.15) is 40.0 Å². The van der Waals surface area contributed by atoms with Crippen molar-refractivity contribution in [2.24, 2.45) is 5.41 Å². The van der Waals surface area contributed by atoms with E-state index in [1.165, 1.54) is 6.92 Å². The van der Waals surface area contributed by atoms with Gasteiger partial charge in [0, 0.05) is 24.7 Å². The topological polar surface area (TPSA) is 52.6 Å². The Hall–Kier alpha value is -0.740. The number of hydrogen-bond donors (Lipinski definition) is 0. The lowest BCUT2D eigenvalue weighted by Crippen LogP contribution is -2.32. The zero-order valence-electron chi connectivity index (χ0n) is 10.2. The fourth-order valence-electron chi connectivity index (χ4n) is 1.80. The van der Waals surface area contributed by atoms with Gasteiger partial charge in [0.05, 0.1) is 13.2 Å². The Bertz CT molecular complexity index is 264. The minimum Gasteiger partial charge on any atom is -0.350 e. The van der Waals surface area contributed by atoms with Crippen LogP contribution in [0.5, 0.6) is 0 Å². The molecule has 0 radical (unpaired) electrons. The van der Waals surface area contributed by atoms with Crippen molar-refractivity contribution < 1.29 is 19.1 Å². The van der Waals surface area contributed by atoms with Crippen LogP contribution in [0.4, 0.5) is 0 Å². The average Bonchev–Trinajstić information content (AvgIpc) is 2.67. The quantitative estimate of drug-likeness (QED) is 0.694. The van der Waals surface area contributed by atoms with Gasteiger partial charge in [-0.2, -0.15) is 0 Å². The molecule has 0 N–H and O–H groups in total. The first-order chi connectivity index (χ1) is 7.42. The molecule has 1 rings (SSSR count). The lowest BCUT2D eigenvalue weighted by atomic mass is 9.85. The van der Waals surface area contributed by atoms with Gasteiger partial charge in [-0.15, -0.1) is 0 Å². The fourth-order valence-corrected chi connectivity index (χ4v) is 1.80. The highest BCUT2D eigenvalue weighted by molar-refractivity contribution is 5.85. The molecule has 4 nitrogen and oxygen atoms in total. The number of ketones is 2. The summed E-state index contributed by atoms with van der Waals surface area (Å²) in [5.74, 6) is 0.152. The molecule has 1 aliphatic heterocycles. The SMILES string of the molecule is CC(=O)CCC(=O)CC(C)(C)C1OCCO1. The summed E-state index contributed by atoms with van der Waals surface area (Å²) in [7, 11) is 0. The van der Waals surface area contributed by atoms with Crippen LogP contribution in [0.2, 0.25) is 0 Å². The molecule has 0 bridgehead atoms. The van der Waals surface area contributed by atoms with E-state index in [1.807, 2.05) is 13.8 Å². The van der Waals surface area contributed by atoms with Crippen molar-refractivity contribution in [2.75, 3.05) is 13.2 Å². The first kappa shape index (κ1) is 13.3. The van der Waals surface area contributed by atoms with Gasteiger partial charge >= 0.3 is 0 Å². The Morgan fingerprint density at radius 3 is 2.25 bits per heavy atom. The van der Waals surface area contributed by atoms with Crippen LogP contribution >= 0.6 is 0 Å². The van der Waals surface area contributed by atoms with Crippen LogP contribution in [-0.4, -0.2) is 31.1 Å². The Kier molecular flexibility index (Phi) is 4.62. The summed E-state index contributed by atoms with van der Waals surface area (Å²) < 4.78 is 10.8. The van der Waals surface area contributed by atoms with Crippen molar-refractivity contribution in [1.82, 2.24) is 0 Å². The van der Waals surface area contributed by atoms with Gasteiger partial charge in [0.1, 0.15) is 11.6 Å². The third-order valence-electron chi connectivity index (χ3n) is 2.67. The molecule has 92 valence electrons. The maximum absolute atomic E-state index is 11.7. The molecule has 1 heterocycles. The lowest BCUT2D eigenvalue weighted by Gasteiger charge is -2.28. The first-order valence-corrected chi connectivity index (χ1v) is 5.66. The zero-order chi connectivity index (χ0) is 12.2. The van der Waals surface area contributed by atoms with Gasteiger partial charge in [-0.1, -0.05) is 13.8 Å². The highest BCUT2D eigenvalue weighted by Gasteiger charge is 2.35. The van der Waals surface area contributed by atoms with Crippen LogP contribution in [0.25, 0.3) is 0 Å². The van der Waals surface area contributed by atoms with Crippen LogP contribution in [0.3, 0.4) is 0 Å². The van der Waals surface area contributed by atoms with E-state index in [1.54, 1.807) is 0 Å². The van der Waals surface area contributed by atoms with Gasteiger partial charge in [0.15, 0.2) is 6.29 Å². The molecule has 0 spiro atoms. The minimum absolute atomic E-state index is 0.0551. The maximum atomic E-state index is 11.7. The van der Waals surface area contributed by atoms with Crippen molar-refractivity contribution in [2.45, 2.75) is 46.3 Å². The summed E-state index contributed by atoms with van der Waals surface area (Å²) in [6, 6.07) is 0. The molecule has 0 aliphatic carbocycles. The predicted molar refractivity (Wildman–Crippen MR) is 59.0 cm³/mol. The largest absolute Gasteiger partial charge is 0.350 e. The van der Waals surface area contributed by atoms with Gasteiger partial charge in [-0.05, 0) is 6.92 Å². The van der Waals surface area contributed by atoms with Gasteiger partial charge < -0.3 is 14.3 Å². The second kappa shape index (κ2) is 5.55. The Morgan fingerprint density at radius 1 is 1.19 bits per heavy atom. The Labute approximate surface area is 96.3 Å². The third kappa shape index (κ3) is 4.02. The summed E-state index contributed by atoms with van der Waals surface area (Å²) in [6.07, 6.45) is 0.756. The van der Waals surface area contributed by atoms with Crippen molar-refractivity contribution in [1.29, 1.82) is 0 Å². The molecular formula is C12H20O4.